The maximum Gasteiger partial charge on any atom is 0.176 e. The van der Waals surface area contributed by atoms with Crippen molar-refractivity contribution in [2.75, 3.05) is 12.9 Å². The van der Waals surface area contributed by atoms with E-state index in [4.69, 9.17) is 16.6 Å². The minimum atomic E-state index is -3.47. The summed E-state index contributed by atoms with van der Waals surface area (Å²) in [5.74, 6) is 0.741. The first-order valence-corrected chi connectivity index (χ1v) is 12.1. The van der Waals surface area contributed by atoms with Crippen LogP contribution in [0, 0.1) is 0 Å². The van der Waals surface area contributed by atoms with Crippen LogP contribution in [0.25, 0.3) is 28.0 Å². The zero-order valence-corrected chi connectivity index (χ0v) is 18.6. The number of nitrogens with one attached hydrogen (secondary N) is 3. The highest BCUT2D eigenvalue weighted by Crippen LogP contribution is 2.32. The normalized spacial score (nSPS) is 13.4. The number of benzene rings is 2. The molecular formula is C22H19ClN6O2S. The molecule has 10 heteroatoms. The first kappa shape index (κ1) is 20.5. The van der Waals surface area contributed by atoms with Gasteiger partial charge in [-0.15, -0.1) is 0 Å². The van der Waals surface area contributed by atoms with Crippen molar-refractivity contribution in [3.05, 3.63) is 76.3 Å². The summed E-state index contributed by atoms with van der Waals surface area (Å²) in [6.07, 6.45) is 2.79. The fourth-order valence-corrected chi connectivity index (χ4v) is 4.88. The number of pyridine rings is 1. The van der Waals surface area contributed by atoms with Crippen LogP contribution in [0.1, 0.15) is 5.56 Å². The molecule has 0 unspecified atom stereocenters. The smallest absolute Gasteiger partial charge is 0.176 e. The Labute approximate surface area is 189 Å². The minimum absolute atomic E-state index is 0.219. The third kappa shape index (κ3) is 3.69. The molecule has 1 aliphatic heterocycles. The van der Waals surface area contributed by atoms with Gasteiger partial charge in [0.05, 0.1) is 27.5 Å². The summed E-state index contributed by atoms with van der Waals surface area (Å²) >= 11 is 6.41. The Morgan fingerprint density at radius 1 is 1.16 bits per heavy atom. The zero-order chi connectivity index (χ0) is 22.3. The first-order chi connectivity index (χ1) is 15.4. The molecule has 0 fully saturated rings. The Hall–Kier alpha value is -3.43. The summed E-state index contributed by atoms with van der Waals surface area (Å²) in [4.78, 5) is 16.7. The number of aromatic amines is 1. The molecule has 0 aliphatic carbocycles. The van der Waals surface area contributed by atoms with Gasteiger partial charge in [-0.2, -0.15) is 0 Å². The number of hydrogen-bond donors (Lipinski definition) is 3. The Bertz CT molecular complexity index is 1580. The summed E-state index contributed by atoms with van der Waals surface area (Å²) in [7, 11) is -3.47. The largest absolute Gasteiger partial charge is 0.366 e. The molecule has 5 rings (SSSR count). The van der Waals surface area contributed by atoms with Gasteiger partial charge in [0.25, 0.3) is 0 Å². The minimum Gasteiger partial charge on any atom is -0.366 e. The summed E-state index contributed by atoms with van der Waals surface area (Å²) in [6, 6.07) is 14.4. The summed E-state index contributed by atoms with van der Waals surface area (Å²) in [5.41, 5.74) is 3.24. The maximum atomic E-state index is 12.5. The molecular weight excluding hydrogens is 448 g/mol. The number of sulfone groups is 1. The fourth-order valence-electron chi connectivity index (χ4n) is 3.76. The van der Waals surface area contributed by atoms with Gasteiger partial charge in [-0.3, -0.25) is 0 Å². The molecule has 3 N–H and O–H groups in total. The van der Waals surface area contributed by atoms with Gasteiger partial charge in [-0.05, 0) is 23.8 Å². The number of fused-ring (bicyclic) bond motifs is 2. The van der Waals surface area contributed by atoms with Crippen molar-refractivity contribution >= 4 is 38.2 Å². The van der Waals surface area contributed by atoms with E-state index in [1.54, 1.807) is 36.7 Å². The van der Waals surface area contributed by atoms with Crippen molar-refractivity contribution in [1.29, 1.82) is 0 Å². The highest BCUT2D eigenvalue weighted by molar-refractivity contribution is 7.90. The van der Waals surface area contributed by atoms with E-state index in [1.807, 2.05) is 18.2 Å². The van der Waals surface area contributed by atoms with Crippen molar-refractivity contribution in [2.45, 2.75) is 11.4 Å². The van der Waals surface area contributed by atoms with Crippen LogP contribution in [0.15, 0.2) is 64.7 Å². The van der Waals surface area contributed by atoms with E-state index < -0.39 is 9.84 Å². The van der Waals surface area contributed by atoms with E-state index in [0.717, 1.165) is 16.8 Å². The molecule has 0 spiro atoms. The molecule has 0 radical (unpaired) electrons. The number of para-hydroxylation sites is 1. The molecule has 0 bridgehead atoms. The number of rotatable bonds is 5. The standard InChI is InChI=1S/C22H19ClN6O2S/c1-32(30,31)17-8-3-2-6-15(17)18-14(9-13-5-4-7-16(23)19(13)29-18)10-24-21-20-22(26-11-25-20)28-12-27-21/h2-9,11,24,27H,10,12H2,1H3,(H,25,26,28). The van der Waals surface area contributed by atoms with Crippen LogP contribution in [-0.4, -0.2) is 36.3 Å². The summed E-state index contributed by atoms with van der Waals surface area (Å²) in [5, 5.41) is 8.63. The van der Waals surface area contributed by atoms with Crippen LogP contribution in [0.5, 0.6) is 0 Å². The van der Waals surface area contributed by atoms with Crippen LogP contribution in [0.4, 0.5) is 0 Å². The molecule has 2 aromatic heterocycles. The van der Waals surface area contributed by atoms with Gasteiger partial charge in [0.2, 0.25) is 0 Å². The van der Waals surface area contributed by atoms with E-state index in [1.165, 1.54) is 6.26 Å². The lowest BCUT2D eigenvalue weighted by molar-refractivity contribution is 0.602. The zero-order valence-electron chi connectivity index (χ0n) is 17.1. The molecule has 2 aromatic carbocycles. The Balaban J connectivity index is 1.68. The lowest BCUT2D eigenvalue weighted by atomic mass is 10.0. The SMILES string of the molecule is CS(=O)(=O)c1ccccc1-c1nc2c(Cl)cccc2cc1CNC1=c2nc[nH]c2=NCN1. The molecule has 0 saturated carbocycles. The molecule has 8 nitrogen and oxygen atoms in total. The predicted octanol–water partition coefficient (Wildman–Crippen LogP) is 1.72. The molecule has 4 aromatic rings. The Morgan fingerprint density at radius 3 is 2.84 bits per heavy atom. The maximum absolute atomic E-state index is 12.5. The van der Waals surface area contributed by atoms with Crippen molar-refractivity contribution in [3.63, 3.8) is 0 Å². The predicted molar refractivity (Wildman–Crippen MR) is 123 cm³/mol. The average molecular weight is 467 g/mol. The van der Waals surface area contributed by atoms with Crippen LogP contribution < -0.4 is 21.5 Å². The van der Waals surface area contributed by atoms with Crippen molar-refractivity contribution in [1.82, 2.24) is 25.6 Å². The average Bonchev–Trinajstić information content (AvgIpc) is 3.26. The van der Waals surface area contributed by atoms with Crippen LogP contribution >= 0.6 is 11.6 Å². The van der Waals surface area contributed by atoms with E-state index in [9.17, 15) is 8.42 Å². The van der Waals surface area contributed by atoms with Gasteiger partial charge >= 0.3 is 0 Å². The lowest BCUT2D eigenvalue weighted by Crippen LogP contribution is -2.43. The number of imidazole rings is 1. The highest BCUT2D eigenvalue weighted by Gasteiger charge is 2.19. The molecule has 0 saturated heterocycles. The topological polar surface area (TPSA) is 112 Å². The lowest BCUT2D eigenvalue weighted by Gasteiger charge is -2.17. The number of hydrogen-bond acceptors (Lipinski definition) is 7. The van der Waals surface area contributed by atoms with Crippen molar-refractivity contribution in [2.24, 2.45) is 4.99 Å². The Morgan fingerprint density at radius 2 is 2.00 bits per heavy atom. The number of halogens is 1. The van der Waals surface area contributed by atoms with Crippen LogP contribution in [0.2, 0.25) is 5.02 Å². The van der Waals surface area contributed by atoms with E-state index in [-0.39, 0.29) is 4.90 Å². The van der Waals surface area contributed by atoms with Crippen LogP contribution in [0.3, 0.4) is 0 Å². The number of H-pyrrole nitrogens is 1. The third-order valence-corrected chi connectivity index (χ3v) is 6.68. The second-order valence-electron chi connectivity index (χ2n) is 7.40. The van der Waals surface area contributed by atoms with Gasteiger partial charge in [-0.25, -0.2) is 23.4 Å². The van der Waals surface area contributed by atoms with Gasteiger partial charge in [0.15, 0.2) is 15.3 Å². The third-order valence-electron chi connectivity index (χ3n) is 5.22. The molecule has 162 valence electrons. The second kappa shape index (κ2) is 7.92. The van der Waals surface area contributed by atoms with Gasteiger partial charge in [-0.1, -0.05) is 41.9 Å². The monoisotopic (exact) mass is 466 g/mol. The van der Waals surface area contributed by atoms with E-state index in [2.05, 4.69) is 25.6 Å². The second-order valence-corrected chi connectivity index (χ2v) is 9.79. The van der Waals surface area contributed by atoms with Gasteiger partial charge in [0.1, 0.15) is 17.8 Å². The quantitative estimate of drug-likeness (QED) is 0.413. The molecule has 1 aliphatic rings. The van der Waals surface area contributed by atoms with E-state index in [0.29, 0.717) is 45.8 Å². The number of nitrogens with zero attached hydrogens (tertiary/aromatic N) is 3. The molecule has 32 heavy (non-hydrogen) atoms. The van der Waals surface area contributed by atoms with Gasteiger partial charge < -0.3 is 15.6 Å². The molecule has 0 amide bonds. The number of aromatic nitrogens is 3. The first-order valence-electron chi connectivity index (χ1n) is 9.85. The molecule has 0 atom stereocenters. The van der Waals surface area contributed by atoms with E-state index >= 15 is 0 Å². The van der Waals surface area contributed by atoms with Gasteiger partial charge in [0, 0.05) is 23.8 Å². The highest BCUT2D eigenvalue weighted by atomic mass is 35.5. The molecule has 3 heterocycles. The summed E-state index contributed by atoms with van der Waals surface area (Å²) in [6.45, 7) is 0.810. The van der Waals surface area contributed by atoms with Crippen molar-refractivity contribution < 1.29 is 8.42 Å². The fraction of sp³-hybridized carbons (Fsp3) is 0.136. The Kier molecular flexibility index (Phi) is 5.07. The summed E-state index contributed by atoms with van der Waals surface area (Å²) < 4.78 is 25.0. The van der Waals surface area contributed by atoms with Crippen molar-refractivity contribution in [3.8, 4) is 11.3 Å². The van der Waals surface area contributed by atoms with Crippen LogP contribution in [-0.2, 0) is 16.4 Å².